The van der Waals surface area contributed by atoms with Crippen LogP contribution in [0.3, 0.4) is 0 Å². The molecule has 2 aromatic heterocycles. The average molecular weight is 450 g/mol. The zero-order valence-corrected chi connectivity index (χ0v) is 17.4. The van der Waals surface area contributed by atoms with E-state index < -0.39 is 23.2 Å². The van der Waals surface area contributed by atoms with Crippen LogP contribution < -0.4 is 9.64 Å². The highest BCUT2D eigenvalue weighted by Crippen LogP contribution is 2.40. The summed E-state index contributed by atoms with van der Waals surface area (Å²) in [6.45, 7) is 1.75. The largest absolute Gasteiger partial charge is 0.436 e. The van der Waals surface area contributed by atoms with Gasteiger partial charge in [0.1, 0.15) is 0 Å². The lowest BCUT2D eigenvalue weighted by Crippen LogP contribution is -2.32. The predicted octanol–water partition coefficient (Wildman–Crippen LogP) is 5.55. The van der Waals surface area contributed by atoms with Gasteiger partial charge in [0, 0.05) is 18.0 Å². The number of aromatic nitrogens is 3. The molecule has 9 heteroatoms. The van der Waals surface area contributed by atoms with E-state index in [4.69, 9.17) is 4.74 Å². The maximum atomic E-state index is 14.1. The number of amides is 1. The smallest absolute Gasteiger partial charge is 0.417 e. The lowest BCUT2D eigenvalue weighted by molar-refractivity contribution is -0.137. The third kappa shape index (κ3) is 3.82. The number of fused-ring (bicyclic) bond motifs is 2. The minimum atomic E-state index is -4.75. The number of para-hydroxylation sites is 2. The normalized spacial score (nSPS) is 13.0. The van der Waals surface area contributed by atoms with Crippen LogP contribution in [-0.4, -0.2) is 20.7 Å². The Balaban J connectivity index is 1.63. The van der Waals surface area contributed by atoms with E-state index >= 15 is 0 Å². The fraction of sp³-hybridized carbons (Fsp3) is 0.125. The van der Waals surface area contributed by atoms with Gasteiger partial charge in [-0.2, -0.15) is 18.3 Å². The van der Waals surface area contributed by atoms with Gasteiger partial charge in [-0.3, -0.25) is 4.79 Å². The molecule has 0 unspecified atom stereocenters. The highest BCUT2D eigenvalue weighted by atomic mass is 19.4. The van der Waals surface area contributed by atoms with Crippen molar-refractivity contribution < 1.29 is 22.7 Å². The molecule has 3 heterocycles. The maximum absolute atomic E-state index is 14.1. The lowest BCUT2D eigenvalue weighted by atomic mass is 10.0. The molecule has 6 nitrogen and oxygen atoms in total. The topological polar surface area (TPSA) is 60.2 Å². The Labute approximate surface area is 186 Å². The number of aryl methyl sites for hydroxylation is 1. The summed E-state index contributed by atoms with van der Waals surface area (Å²) in [5, 5.41) is 4.17. The second-order valence-electron chi connectivity index (χ2n) is 7.56. The van der Waals surface area contributed by atoms with E-state index in [1.165, 1.54) is 21.7 Å². The van der Waals surface area contributed by atoms with Crippen LogP contribution in [0, 0.1) is 6.92 Å². The Kier molecular flexibility index (Phi) is 4.88. The summed E-state index contributed by atoms with van der Waals surface area (Å²) in [4.78, 5) is 19.1. The monoisotopic (exact) mass is 450 g/mol. The summed E-state index contributed by atoms with van der Waals surface area (Å²) in [5.74, 6) is -0.153. The molecule has 1 aliphatic heterocycles. The van der Waals surface area contributed by atoms with E-state index in [-0.39, 0.29) is 12.2 Å². The summed E-state index contributed by atoms with van der Waals surface area (Å²) < 4.78 is 49.4. The van der Waals surface area contributed by atoms with E-state index in [1.807, 2.05) is 0 Å². The number of rotatable bonds is 2. The van der Waals surface area contributed by atoms with E-state index in [1.54, 1.807) is 61.8 Å². The third-order valence-electron chi connectivity index (χ3n) is 5.31. The van der Waals surface area contributed by atoms with Crippen molar-refractivity contribution in [2.45, 2.75) is 19.6 Å². The van der Waals surface area contributed by atoms with Crippen LogP contribution in [0.4, 0.5) is 18.9 Å². The standard InChI is InChI=1S/C24H17F3N4O2/c1-15-10-12-31(29-15)17-8-9-18(19(13-17)24(25,26)27)23(32)30-14-16-5-4-11-28-22(16)33-21-7-3-2-6-20(21)30/h2-13H,14H2,1H3. The molecule has 5 rings (SSSR count). The third-order valence-corrected chi connectivity index (χ3v) is 5.31. The number of carbonyl (C=O) groups is 1. The molecule has 0 radical (unpaired) electrons. The van der Waals surface area contributed by atoms with Crippen molar-refractivity contribution in [2.75, 3.05) is 4.90 Å². The van der Waals surface area contributed by atoms with Crippen molar-refractivity contribution in [1.29, 1.82) is 0 Å². The number of ether oxygens (including phenoxy) is 1. The van der Waals surface area contributed by atoms with Crippen molar-refractivity contribution in [3.63, 3.8) is 0 Å². The molecule has 0 bridgehead atoms. The first-order chi connectivity index (χ1) is 15.8. The van der Waals surface area contributed by atoms with Crippen LogP contribution >= 0.6 is 0 Å². The molecule has 1 amide bonds. The Hall–Kier alpha value is -4.14. The minimum absolute atomic E-state index is 0.0103. The maximum Gasteiger partial charge on any atom is 0.417 e. The summed E-state index contributed by atoms with van der Waals surface area (Å²) in [6.07, 6.45) is -1.63. The predicted molar refractivity (Wildman–Crippen MR) is 115 cm³/mol. The van der Waals surface area contributed by atoms with Gasteiger partial charge in [0.05, 0.1) is 34.7 Å². The average Bonchev–Trinajstić information content (AvgIpc) is 3.16. The zero-order chi connectivity index (χ0) is 23.2. The fourth-order valence-corrected chi connectivity index (χ4v) is 3.74. The Morgan fingerprint density at radius 3 is 2.64 bits per heavy atom. The van der Waals surface area contributed by atoms with Crippen molar-refractivity contribution in [3.8, 4) is 17.3 Å². The number of hydrogen-bond acceptors (Lipinski definition) is 4. The molecule has 1 aliphatic rings. The van der Waals surface area contributed by atoms with Crippen LogP contribution in [0.25, 0.3) is 5.69 Å². The molecule has 0 N–H and O–H groups in total. The number of hydrogen-bond donors (Lipinski definition) is 0. The van der Waals surface area contributed by atoms with Crippen molar-refractivity contribution >= 4 is 11.6 Å². The quantitative estimate of drug-likeness (QED) is 0.402. The van der Waals surface area contributed by atoms with Crippen molar-refractivity contribution in [1.82, 2.24) is 14.8 Å². The fourth-order valence-electron chi connectivity index (χ4n) is 3.74. The Morgan fingerprint density at radius 1 is 1.06 bits per heavy atom. The first kappa shape index (κ1) is 20.7. The van der Waals surface area contributed by atoms with Crippen LogP contribution in [-0.2, 0) is 12.7 Å². The first-order valence-corrected chi connectivity index (χ1v) is 10.1. The summed E-state index contributed by atoms with van der Waals surface area (Å²) in [6, 6.07) is 15.4. The lowest BCUT2D eigenvalue weighted by Gasteiger charge is -2.24. The molecule has 0 saturated heterocycles. The molecule has 166 valence electrons. The number of carbonyl (C=O) groups excluding carboxylic acids is 1. The summed E-state index contributed by atoms with van der Waals surface area (Å²) >= 11 is 0. The van der Waals surface area contributed by atoms with Gasteiger partial charge in [-0.1, -0.05) is 18.2 Å². The van der Waals surface area contributed by atoms with E-state index in [0.29, 0.717) is 28.6 Å². The van der Waals surface area contributed by atoms with E-state index in [9.17, 15) is 18.0 Å². The molecule has 2 aromatic carbocycles. The van der Waals surface area contributed by atoms with Gasteiger partial charge in [-0.25, -0.2) is 9.67 Å². The molecular weight excluding hydrogens is 433 g/mol. The number of alkyl halides is 3. The van der Waals surface area contributed by atoms with Gasteiger partial charge in [0.25, 0.3) is 5.91 Å². The van der Waals surface area contributed by atoms with Gasteiger partial charge < -0.3 is 9.64 Å². The number of benzene rings is 2. The SMILES string of the molecule is Cc1ccn(-c2ccc(C(=O)N3Cc4cccnc4Oc4ccccc43)c(C(F)(F)F)c2)n1. The van der Waals surface area contributed by atoms with Crippen molar-refractivity contribution in [3.05, 3.63) is 95.4 Å². The van der Waals surface area contributed by atoms with Crippen LogP contribution in [0.1, 0.15) is 27.2 Å². The molecule has 0 spiro atoms. The highest BCUT2D eigenvalue weighted by Gasteiger charge is 2.38. The molecular formula is C24H17F3N4O2. The van der Waals surface area contributed by atoms with Crippen LogP contribution in [0.15, 0.2) is 73.1 Å². The van der Waals surface area contributed by atoms with E-state index in [0.717, 1.165) is 6.07 Å². The first-order valence-electron chi connectivity index (χ1n) is 10.1. The van der Waals surface area contributed by atoms with Crippen LogP contribution in [0.5, 0.6) is 11.6 Å². The van der Waals surface area contributed by atoms with Gasteiger partial charge in [-0.15, -0.1) is 0 Å². The number of nitrogens with zero attached hydrogens (tertiary/aromatic N) is 4. The van der Waals surface area contributed by atoms with Crippen molar-refractivity contribution in [2.24, 2.45) is 0 Å². The van der Waals surface area contributed by atoms with Gasteiger partial charge in [0.2, 0.25) is 5.88 Å². The molecule has 0 fully saturated rings. The number of halogens is 3. The molecule has 0 saturated carbocycles. The summed E-state index contributed by atoms with van der Waals surface area (Å²) in [7, 11) is 0. The molecule has 0 aliphatic carbocycles. The number of pyridine rings is 1. The van der Waals surface area contributed by atoms with Gasteiger partial charge in [0.15, 0.2) is 5.75 Å². The zero-order valence-electron chi connectivity index (χ0n) is 17.4. The Morgan fingerprint density at radius 2 is 1.88 bits per heavy atom. The van der Waals surface area contributed by atoms with Crippen LogP contribution in [0.2, 0.25) is 0 Å². The van der Waals surface area contributed by atoms with Gasteiger partial charge >= 0.3 is 6.18 Å². The second kappa shape index (κ2) is 7.77. The highest BCUT2D eigenvalue weighted by molar-refractivity contribution is 6.08. The number of anilines is 1. The van der Waals surface area contributed by atoms with Gasteiger partial charge in [-0.05, 0) is 49.4 Å². The summed E-state index contributed by atoms with van der Waals surface area (Å²) in [5.41, 5.74) is 0.322. The second-order valence-corrected chi connectivity index (χ2v) is 7.56. The Bertz CT molecular complexity index is 1360. The molecule has 33 heavy (non-hydrogen) atoms. The molecule has 0 atom stereocenters. The van der Waals surface area contributed by atoms with E-state index in [2.05, 4.69) is 10.1 Å². The minimum Gasteiger partial charge on any atom is -0.436 e. The molecule has 4 aromatic rings.